The first-order valence-corrected chi connectivity index (χ1v) is 12.0. The van der Waals surface area contributed by atoms with Crippen molar-refractivity contribution in [2.24, 2.45) is 4.99 Å². The molecule has 2 N–H and O–H groups in total. The topological polar surface area (TPSA) is 133 Å². The second-order valence-corrected chi connectivity index (χ2v) is 10.3. The number of aliphatic imine (C=N–C) groups is 1. The van der Waals surface area contributed by atoms with Gasteiger partial charge in [-0.2, -0.15) is 0 Å². The van der Waals surface area contributed by atoms with Crippen LogP contribution in [0.1, 0.15) is 49.6 Å². The lowest BCUT2D eigenvalue weighted by molar-refractivity contribution is 0.0562. The smallest absolute Gasteiger partial charge is 0.413 e. The molecule has 4 rings (SSSR count). The van der Waals surface area contributed by atoms with E-state index in [9.17, 15) is 9.59 Å². The Kier molecular flexibility index (Phi) is 7.31. The molecule has 0 radical (unpaired) electrons. The monoisotopic (exact) mass is 563 g/mol. The van der Waals surface area contributed by atoms with Gasteiger partial charge >= 0.3 is 6.09 Å². The van der Waals surface area contributed by atoms with Gasteiger partial charge in [0.15, 0.2) is 16.8 Å². The Morgan fingerprint density at radius 1 is 1.16 bits per heavy atom. The van der Waals surface area contributed by atoms with Crippen LogP contribution in [0.5, 0.6) is 5.88 Å². The number of nitrogens with zero attached hydrogens (tertiary/aromatic N) is 5. The van der Waals surface area contributed by atoms with Crippen LogP contribution >= 0.6 is 23.2 Å². The predicted octanol–water partition coefficient (Wildman–Crippen LogP) is 4.58. The van der Waals surface area contributed by atoms with Gasteiger partial charge in [-0.25, -0.2) is 24.1 Å². The summed E-state index contributed by atoms with van der Waals surface area (Å²) in [4.78, 5) is 42.0. The second kappa shape index (κ2) is 10.2. The zero-order valence-electron chi connectivity index (χ0n) is 21.1. The molecule has 2 aromatic heterocycles. The fourth-order valence-corrected chi connectivity index (χ4v) is 4.11. The fourth-order valence-electron chi connectivity index (χ4n) is 3.75. The summed E-state index contributed by atoms with van der Waals surface area (Å²) in [6.07, 6.45) is 1.77. The maximum absolute atomic E-state index is 15.2. The van der Waals surface area contributed by atoms with E-state index in [1.807, 2.05) is 0 Å². The van der Waals surface area contributed by atoms with E-state index < -0.39 is 29.0 Å². The molecule has 38 heavy (non-hydrogen) atoms. The number of carbonyl (C=O) groups is 2. The third kappa shape index (κ3) is 5.70. The number of carbonyl (C=O) groups excluding carboxylic acids is 2. The SMILES string of the molecule is COc1cnc(C(=O)Nc2ccc(F)c(C3(C)Cn4c(nc(Cl)c4Cl)C(NC(=O)OC(C)(C)C)=N3)c2)cn1. The van der Waals surface area contributed by atoms with Crippen molar-refractivity contribution >= 4 is 46.7 Å². The summed E-state index contributed by atoms with van der Waals surface area (Å²) in [6.45, 7) is 6.82. The number of fused-ring (bicyclic) bond motifs is 1. The molecule has 1 aromatic carbocycles. The van der Waals surface area contributed by atoms with Crippen LogP contribution in [-0.2, 0) is 16.8 Å². The van der Waals surface area contributed by atoms with Crippen LogP contribution in [0.2, 0.25) is 10.3 Å². The minimum atomic E-state index is -1.30. The Hall–Kier alpha value is -3.77. The van der Waals surface area contributed by atoms with Crippen molar-refractivity contribution in [1.82, 2.24) is 24.8 Å². The molecule has 3 aromatic rings. The van der Waals surface area contributed by atoms with Crippen LogP contribution in [-0.4, -0.2) is 50.1 Å². The molecule has 200 valence electrons. The van der Waals surface area contributed by atoms with Crippen molar-refractivity contribution in [3.63, 3.8) is 0 Å². The quantitative estimate of drug-likeness (QED) is 0.474. The molecule has 0 saturated heterocycles. The summed E-state index contributed by atoms with van der Waals surface area (Å²) >= 11 is 12.5. The van der Waals surface area contributed by atoms with Gasteiger partial charge in [-0.1, -0.05) is 23.2 Å². The number of methoxy groups -OCH3 is 1. The lowest BCUT2D eigenvalue weighted by Crippen LogP contribution is -2.44. The minimum absolute atomic E-state index is 0.00769. The molecule has 0 saturated carbocycles. The van der Waals surface area contributed by atoms with Crippen LogP contribution in [0.3, 0.4) is 0 Å². The Balaban J connectivity index is 1.69. The standard InChI is InChI=1S/C24H24Cl2FN7O4/c1-23(2,3)38-22(36)32-19-20-31-17(25)18(26)34(20)11-24(4,33-19)13-8-12(6-7-14(13)27)30-21(35)15-9-29-16(37-5)10-28-15/h6-10H,11H2,1-5H3,(H,30,35)(H,32,33,36). The Morgan fingerprint density at radius 3 is 2.53 bits per heavy atom. The summed E-state index contributed by atoms with van der Waals surface area (Å²) < 4.78 is 27.0. The average molecular weight is 564 g/mol. The van der Waals surface area contributed by atoms with Crippen molar-refractivity contribution in [2.45, 2.75) is 45.4 Å². The first-order chi connectivity index (χ1) is 17.8. The molecule has 2 amide bonds. The van der Waals surface area contributed by atoms with E-state index in [-0.39, 0.29) is 51.3 Å². The maximum Gasteiger partial charge on any atom is 0.413 e. The maximum atomic E-state index is 15.2. The van der Waals surface area contributed by atoms with E-state index in [2.05, 4.69) is 30.6 Å². The number of amides is 2. The first-order valence-electron chi connectivity index (χ1n) is 11.3. The number of benzene rings is 1. The number of rotatable bonds is 4. The Bertz CT molecular complexity index is 1440. The van der Waals surface area contributed by atoms with Crippen LogP contribution in [0, 0.1) is 5.82 Å². The number of nitrogens with one attached hydrogen (secondary N) is 2. The summed E-state index contributed by atoms with van der Waals surface area (Å²) in [7, 11) is 1.43. The van der Waals surface area contributed by atoms with Gasteiger partial charge in [-0.3, -0.25) is 15.1 Å². The number of aromatic nitrogens is 4. The molecule has 1 aliphatic rings. The van der Waals surface area contributed by atoms with E-state index >= 15 is 4.39 Å². The van der Waals surface area contributed by atoms with E-state index in [0.717, 1.165) is 0 Å². The summed E-state index contributed by atoms with van der Waals surface area (Å²) in [5.74, 6) is -0.729. The largest absolute Gasteiger partial charge is 0.480 e. The number of anilines is 1. The van der Waals surface area contributed by atoms with Gasteiger partial charge in [-0.05, 0) is 45.9 Å². The number of alkyl carbamates (subject to hydrolysis) is 1. The highest BCUT2D eigenvalue weighted by Crippen LogP contribution is 2.38. The highest BCUT2D eigenvalue weighted by molar-refractivity contribution is 6.41. The van der Waals surface area contributed by atoms with E-state index in [4.69, 9.17) is 32.7 Å². The molecule has 1 aliphatic heterocycles. The van der Waals surface area contributed by atoms with Crippen LogP contribution in [0.4, 0.5) is 14.9 Å². The highest BCUT2D eigenvalue weighted by Gasteiger charge is 2.38. The molecule has 1 unspecified atom stereocenters. The van der Waals surface area contributed by atoms with Gasteiger partial charge in [0, 0.05) is 11.3 Å². The van der Waals surface area contributed by atoms with Gasteiger partial charge in [0.1, 0.15) is 27.8 Å². The van der Waals surface area contributed by atoms with Crippen molar-refractivity contribution < 1.29 is 23.5 Å². The third-order valence-electron chi connectivity index (χ3n) is 5.40. The molecule has 14 heteroatoms. The molecule has 0 fully saturated rings. The highest BCUT2D eigenvalue weighted by atomic mass is 35.5. The van der Waals surface area contributed by atoms with Crippen molar-refractivity contribution in [1.29, 1.82) is 0 Å². The molecule has 11 nitrogen and oxygen atoms in total. The normalized spacial score (nSPS) is 16.8. The number of amidine groups is 1. The van der Waals surface area contributed by atoms with Crippen molar-refractivity contribution in [2.75, 3.05) is 12.4 Å². The van der Waals surface area contributed by atoms with Gasteiger partial charge < -0.3 is 19.4 Å². The number of halogens is 3. The predicted molar refractivity (Wildman–Crippen MR) is 138 cm³/mol. The minimum Gasteiger partial charge on any atom is -0.480 e. The lowest BCUT2D eigenvalue weighted by atomic mass is 9.90. The van der Waals surface area contributed by atoms with Crippen LogP contribution in [0.25, 0.3) is 0 Å². The zero-order chi connectivity index (χ0) is 27.8. The lowest BCUT2D eigenvalue weighted by Gasteiger charge is -2.33. The molecular formula is C24H24Cl2FN7O4. The number of hydrogen-bond donors (Lipinski definition) is 2. The third-order valence-corrected chi connectivity index (χ3v) is 6.14. The first kappa shape index (κ1) is 27.3. The Labute approximate surface area is 227 Å². The summed E-state index contributed by atoms with van der Waals surface area (Å²) in [5.41, 5.74) is -1.64. The number of imidazole rings is 1. The van der Waals surface area contributed by atoms with E-state index in [1.54, 1.807) is 27.7 Å². The van der Waals surface area contributed by atoms with Crippen molar-refractivity contribution in [3.8, 4) is 5.88 Å². The molecular weight excluding hydrogens is 540 g/mol. The molecule has 0 aliphatic carbocycles. The molecule has 1 atom stereocenters. The van der Waals surface area contributed by atoms with Crippen LogP contribution in [0.15, 0.2) is 35.6 Å². The zero-order valence-corrected chi connectivity index (χ0v) is 22.6. The fraction of sp³-hybridized carbons (Fsp3) is 0.333. The molecule has 3 heterocycles. The number of ether oxygens (including phenoxy) is 2. The van der Waals surface area contributed by atoms with Gasteiger partial charge in [0.2, 0.25) is 5.88 Å². The van der Waals surface area contributed by atoms with E-state index in [0.29, 0.717) is 0 Å². The summed E-state index contributed by atoms with van der Waals surface area (Å²) in [6, 6.07) is 4.04. The summed E-state index contributed by atoms with van der Waals surface area (Å²) in [5, 5.41) is 5.32. The van der Waals surface area contributed by atoms with Crippen molar-refractivity contribution in [3.05, 3.63) is 63.8 Å². The van der Waals surface area contributed by atoms with Gasteiger partial charge in [0.05, 0.1) is 26.0 Å². The van der Waals surface area contributed by atoms with Crippen LogP contribution < -0.4 is 15.4 Å². The van der Waals surface area contributed by atoms with Gasteiger partial charge in [0.25, 0.3) is 5.91 Å². The van der Waals surface area contributed by atoms with E-state index in [1.165, 1.54) is 42.3 Å². The Morgan fingerprint density at radius 2 is 1.89 bits per heavy atom. The molecule has 0 spiro atoms. The average Bonchev–Trinajstić information content (AvgIpc) is 3.12. The van der Waals surface area contributed by atoms with Gasteiger partial charge in [-0.15, -0.1) is 0 Å². The number of hydrogen-bond acceptors (Lipinski definition) is 8. The second-order valence-electron chi connectivity index (χ2n) is 9.56. The molecule has 0 bridgehead atoms.